The molecule has 0 aliphatic rings. The van der Waals surface area contributed by atoms with E-state index in [9.17, 15) is 9.59 Å². The van der Waals surface area contributed by atoms with Crippen LogP contribution in [0.15, 0.2) is 0 Å². The predicted octanol–water partition coefficient (Wildman–Crippen LogP) is 0.0173. The highest BCUT2D eigenvalue weighted by Gasteiger charge is 2.31. The molecule has 6 heteroatoms. The van der Waals surface area contributed by atoms with E-state index in [4.69, 9.17) is 9.84 Å². The number of carboxylic acid groups (broad SMARTS) is 1. The minimum atomic E-state index is -1.11. The SMILES string of the molecule is CCC(C)(OC)C(=O)NCC(OC)C(=O)O. The number of carbonyl (C=O) groups excluding carboxylic acids is 1. The lowest BCUT2D eigenvalue weighted by atomic mass is 10.0. The van der Waals surface area contributed by atoms with Crippen molar-refractivity contribution in [3.63, 3.8) is 0 Å². The monoisotopic (exact) mass is 233 g/mol. The van der Waals surface area contributed by atoms with E-state index >= 15 is 0 Å². The van der Waals surface area contributed by atoms with Gasteiger partial charge in [-0.3, -0.25) is 4.79 Å². The Hall–Kier alpha value is -1.14. The van der Waals surface area contributed by atoms with E-state index in [0.29, 0.717) is 6.42 Å². The molecule has 0 saturated heterocycles. The largest absolute Gasteiger partial charge is 0.479 e. The molecule has 0 aromatic heterocycles. The van der Waals surface area contributed by atoms with Crippen LogP contribution in [0.5, 0.6) is 0 Å². The molecule has 6 nitrogen and oxygen atoms in total. The maximum absolute atomic E-state index is 11.7. The maximum Gasteiger partial charge on any atom is 0.334 e. The fourth-order valence-electron chi connectivity index (χ4n) is 1.04. The van der Waals surface area contributed by atoms with Gasteiger partial charge >= 0.3 is 5.97 Å². The topological polar surface area (TPSA) is 84.9 Å². The van der Waals surface area contributed by atoms with Crippen LogP contribution < -0.4 is 5.32 Å². The Morgan fingerprint density at radius 2 is 2.00 bits per heavy atom. The summed E-state index contributed by atoms with van der Waals surface area (Å²) in [5.41, 5.74) is -0.934. The van der Waals surface area contributed by atoms with Crippen molar-refractivity contribution in [2.45, 2.75) is 32.0 Å². The summed E-state index contributed by atoms with van der Waals surface area (Å²) in [4.78, 5) is 22.3. The molecule has 0 spiro atoms. The van der Waals surface area contributed by atoms with Gasteiger partial charge in [0.2, 0.25) is 0 Å². The number of nitrogens with one attached hydrogen (secondary N) is 1. The Balaban J connectivity index is 4.30. The molecule has 2 atom stereocenters. The predicted molar refractivity (Wildman–Crippen MR) is 57.1 cm³/mol. The summed E-state index contributed by atoms with van der Waals surface area (Å²) in [6, 6.07) is 0. The summed E-state index contributed by atoms with van der Waals surface area (Å²) < 4.78 is 9.76. The van der Waals surface area contributed by atoms with Crippen molar-refractivity contribution in [2.75, 3.05) is 20.8 Å². The number of carbonyl (C=O) groups is 2. The number of carboxylic acids is 1. The van der Waals surface area contributed by atoms with Gasteiger partial charge in [-0.2, -0.15) is 0 Å². The third-order valence-corrected chi connectivity index (χ3v) is 2.61. The quantitative estimate of drug-likeness (QED) is 0.647. The highest BCUT2D eigenvalue weighted by molar-refractivity contribution is 5.85. The van der Waals surface area contributed by atoms with Gasteiger partial charge in [0, 0.05) is 14.2 Å². The zero-order chi connectivity index (χ0) is 12.8. The minimum Gasteiger partial charge on any atom is -0.479 e. The number of aliphatic carboxylic acids is 1. The van der Waals surface area contributed by atoms with Crippen LogP contribution in [0.1, 0.15) is 20.3 Å². The first-order valence-electron chi connectivity index (χ1n) is 5.00. The van der Waals surface area contributed by atoms with E-state index in [1.807, 2.05) is 6.92 Å². The normalized spacial score (nSPS) is 16.2. The average molecular weight is 233 g/mol. The zero-order valence-corrected chi connectivity index (χ0v) is 10.1. The number of hydrogen-bond donors (Lipinski definition) is 2. The summed E-state index contributed by atoms with van der Waals surface area (Å²) in [6.07, 6.45) is -0.540. The minimum absolute atomic E-state index is 0.0797. The van der Waals surface area contributed by atoms with Crippen molar-refractivity contribution in [3.05, 3.63) is 0 Å². The lowest BCUT2D eigenvalue weighted by molar-refractivity contribution is -0.149. The Bertz CT molecular complexity index is 250. The first-order chi connectivity index (χ1) is 7.41. The fraction of sp³-hybridized carbons (Fsp3) is 0.800. The highest BCUT2D eigenvalue weighted by atomic mass is 16.5. The van der Waals surface area contributed by atoms with Gasteiger partial charge in [-0.15, -0.1) is 0 Å². The molecule has 0 saturated carbocycles. The molecule has 0 rings (SSSR count). The molecule has 0 aliphatic carbocycles. The summed E-state index contributed by atoms with van der Waals surface area (Å²) in [6.45, 7) is 3.38. The molecule has 2 N–H and O–H groups in total. The summed E-state index contributed by atoms with van der Waals surface area (Å²) in [5, 5.41) is 11.2. The second kappa shape index (κ2) is 6.44. The second-order valence-electron chi connectivity index (χ2n) is 3.56. The number of methoxy groups -OCH3 is 2. The lowest BCUT2D eigenvalue weighted by Gasteiger charge is -2.25. The third-order valence-electron chi connectivity index (χ3n) is 2.61. The number of hydrogen-bond acceptors (Lipinski definition) is 4. The average Bonchev–Trinajstić information content (AvgIpc) is 2.28. The Labute approximate surface area is 94.9 Å². The van der Waals surface area contributed by atoms with Crippen molar-refractivity contribution >= 4 is 11.9 Å². The highest BCUT2D eigenvalue weighted by Crippen LogP contribution is 2.13. The van der Waals surface area contributed by atoms with Crippen LogP contribution in [-0.2, 0) is 19.1 Å². The van der Waals surface area contributed by atoms with Gasteiger partial charge < -0.3 is 19.9 Å². The zero-order valence-electron chi connectivity index (χ0n) is 10.1. The molecular weight excluding hydrogens is 214 g/mol. The summed E-state index contributed by atoms with van der Waals surface area (Å²) >= 11 is 0. The molecule has 94 valence electrons. The van der Waals surface area contributed by atoms with E-state index in [1.54, 1.807) is 6.92 Å². The van der Waals surface area contributed by atoms with Crippen LogP contribution in [0.3, 0.4) is 0 Å². The van der Waals surface area contributed by atoms with Crippen molar-refractivity contribution < 1.29 is 24.2 Å². The molecule has 0 bridgehead atoms. The maximum atomic E-state index is 11.7. The van der Waals surface area contributed by atoms with E-state index in [1.165, 1.54) is 14.2 Å². The van der Waals surface area contributed by atoms with Crippen LogP contribution in [-0.4, -0.2) is 49.5 Å². The van der Waals surface area contributed by atoms with Crippen LogP contribution >= 0.6 is 0 Å². The molecule has 1 amide bonds. The molecule has 0 fully saturated rings. The van der Waals surface area contributed by atoms with Crippen LogP contribution in [0.4, 0.5) is 0 Å². The van der Waals surface area contributed by atoms with Gasteiger partial charge in [0.15, 0.2) is 6.10 Å². The van der Waals surface area contributed by atoms with Gasteiger partial charge in [0.25, 0.3) is 5.91 Å². The van der Waals surface area contributed by atoms with E-state index in [-0.39, 0.29) is 12.5 Å². The van der Waals surface area contributed by atoms with Crippen molar-refractivity contribution in [3.8, 4) is 0 Å². The molecular formula is C10H19NO5. The molecule has 0 aromatic rings. The molecule has 0 radical (unpaired) electrons. The summed E-state index contributed by atoms with van der Waals surface area (Å²) in [7, 11) is 2.72. The Kier molecular flexibility index (Phi) is 5.98. The Morgan fingerprint density at radius 1 is 1.44 bits per heavy atom. The smallest absolute Gasteiger partial charge is 0.334 e. The molecule has 0 heterocycles. The Morgan fingerprint density at radius 3 is 2.31 bits per heavy atom. The van der Waals surface area contributed by atoms with Crippen molar-refractivity contribution in [1.82, 2.24) is 5.32 Å². The van der Waals surface area contributed by atoms with Gasteiger partial charge in [0.1, 0.15) is 5.60 Å². The second-order valence-corrected chi connectivity index (χ2v) is 3.56. The van der Waals surface area contributed by atoms with E-state index in [2.05, 4.69) is 10.1 Å². The van der Waals surface area contributed by atoms with Crippen LogP contribution in [0.25, 0.3) is 0 Å². The standard InChI is InChI=1S/C10H19NO5/c1-5-10(2,16-4)9(14)11-6-7(15-3)8(12)13/h7H,5-6H2,1-4H3,(H,11,14)(H,12,13). The third kappa shape index (κ3) is 3.79. The van der Waals surface area contributed by atoms with Gasteiger partial charge in [-0.1, -0.05) is 6.92 Å². The fourth-order valence-corrected chi connectivity index (χ4v) is 1.04. The summed E-state index contributed by atoms with van der Waals surface area (Å²) in [5.74, 6) is -1.46. The number of ether oxygens (including phenoxy) is 2. The van der Waals surface area contributed by atoms with Gasteiger partial charge in [0.05, 0.1) is 6.54 Å². The van der Waals surface area contributed by atoms with Crippen molar-refractivity contribution in [1.29, 1.82) is 0 Å². The van der Waals surface area contributed by atoms with Crippen LogP contribution in [0, 0.1) is 0 Å². The number of amides is 1. The van der Waals surface area contributed by atoms with Gasteiger partial charge in [-0.05, 0) is 13.3 Å². The molecule has 16 heavy (non-hydrogen) atoms. The molecule has 0 aromatic carbocycles. The van der Waals surface area contributed by atoms with E-state index < -0.39 is 17.7 Å². The van der Waals surface area contributed by atoms with Gasteiger partial charge in [-0.25, -0.2) is 4.79 Å². The lowest BCUT2D eigenvalue weighted by Crippen LogP contribution is -2.49. The van der Waals surface area contributed by atoms with Crippen LogP contribution in [0.2, 0.25) is 0 Å². The molecule has 2 unspecified atom stereocenters. The molecule has 0 aliphatic heterocycles. The first kappa shape index (κ1) is 14.9. The number of rotatable bonds is 7. The van der Waals surface area contributed by atoms with Crippen molar-refractivity contribution in [2.24, 2.45) is 0 Å². The first-order valence-corrected chi connectivity index (χ1v) is 5.00. The van der Waals surface area contributed by atoms with E-state index in [0.717, 1.165) is 0 Å².